The molecule has 0 radical (unpaired) electrons. The SMILES string of the molecule is O=C(C[C@@H](Cc1ccc(Cl)cc1)C(=O)O)Nc1cccc(C(F)(F)F)c1. The number of halogens is 4. The van der Waals surface area contributed by atoms with Crippen molar-refractivity contribution in [3.8, 4) is 0 Å². The fraction of sp³-hybridized carbons (Fsp3) is 0.222. The van der Waals surface area contributed by atoms with E-state index in [4.69, 9.17) is 11.6 Å². The van der Waals surface area contributed by atoms with Crippen molar-refractivity contribution >= 4 is 29.2 Å². The largest absolute Gasteiger partial charge is 0.481 e. The molecule has 1 amide bonds. The molecule has 26 heavy (non-hydrogen) atoms. The molecular formula is C18H15ClF3NO3. The molecule has 4 nitrogen and oxygen atoms in total. The van der Waals surface area contributed by atoms with E-state index in [0.717, 1.165) is 12.1 Å². The first-order valence-electron chi connectivity index (χ1n) is 7.59. The highest BCUT2D eigenvalue weighted by atomic mass is 35.5. The van der Waals surface area contributed by atoms with E-state index in [-0.39, 0.29) is 18.5 Å². The lowest BCUT2D eigenvalue weighted by molar-refractivity contribution is -0.143. The topological polar surface area (TPSA) is 66.4 Å². The van der Waals surface area contributed by atoms with Crippen LogP contribution in [0.5, 0.6) is 0 Å². The van der Waals surface area contributed by atoms with Gasteiger partial charge in [-0.05, 0) is 42.3 Å². The maximum Gasteiger partial charge on any atom is 0.416 e. The van der Waals surface area contributed by atoms with Crippen molar-refractivity contribution < 1.29 is 27.9 Å². The van der Waals surface area contributed by atoms with Crippen LogP contribution < -0.4 is 5.32 Å². The van der Waals surface area contributed by atoms with Crippen LogP contribution in [0.4, 0.5) is 18.9 Å². The highest BCUT2D eigenvalue weighted by Gasteiger charge is 2.30. The summed E-state index contributed by atoms with van der Waals surface area (Å²) in [5.41, 5.74) is -0.250. The van der Waals surface area contributed by atoms with Gasteiger partial charge in [-0.15, -0.1) is 0 Å². The Bertz CT molecular complexity index is 791. The minimum atomic E-state index is -4.53. The molecule has 2 rings (SSSR count). The Kier molecular flexibility index (Phi) is 6.26. The van der Waals surface area contributed by atoms with Gasteiger partial charge in [0.1, 0.15) is 0 Å². The molecular weight excluding hydrogens is 371 g/mol. The Balaban J connectivity index is 2.04. The number of amides is 1. The number of benzene rings is 2. The van der Waals surface area contributed by atoms with Crippen molar-refractivity contribution in [2.75, 3.05) is 5.32 Å². The second-order valence-corrected chi connectivity index (χ2v) is 6.13. The van der Waals surface area contributed by atoms with Crippen molar-refractivity contribution in [3.63, 3.8) is 0 Å². The second-order valence-electron chi connectivity index (χ2n) is 5.70. The van der Waals surface area contributed by atoms with Crippen LogP contribution in [0.2, 0.25) is 5.02 Å². The van der Waals surface area contributed by atoms with Crippen LogP contribution in [-0.2, 0) is 22.2 Å². The number of carboxylic acid groups (broad SMARTS) is 1. The number of hydrogen-bond acceptors (Lipinski definition) is 2. The van der Waals surface area contributed by atoms with Crippen molar-refractivity contribution in [2.24, 2.45) is 5.92 Å². The molecule has 0 unspecified atom stereocenters. The average Bonchev–Trinajstić information content (AvgIpc) is 2.55. The first-order chi connectivity index (χ1) is 12.1. The van der Waals surface area contributed by atoms with Gasteiger partial charge in [0, 0.05) is 17.1 Å². The molecule has 138 valence electrons. The quantitative estimate of drug-likeness (QED) is 0.761. The van der Waals surface area contributed by atoms with Crippen LogP contribution in [0.25, 0.3) is 0 Å². The fourth-order valence-corrected chi connectivity index (χ4v) is 2.49. The fourth-order valence-electron chi connectivity index (χ4n) is 2.36. The normalized spacial score (nSPS) is 12.5. The third-order valence-corrected chi connectivity index (χ3v) is 3.90. The zero-order valence-electron chi connectivity index (χ0n) is 13.4. The van der Waals surface area contributed by atoms with E-state index in [9.17, 15) is 27.9 Å². The van der Waals surface area contributed by atoms with E-state index < -0.39 is 29.5 Å². The predicted molar refractivity (Wildman–Crippen MR) is 91.0 cm³/mol. The maximum absolute atomic E-state index is 12.7. The molecule has 0 aliphatic carbocycles. The van der Waals surface area contributed by atoms with E-state index in [1.54, 1.807) is 24.3 Å². The van der Waals surface area contributed by atoms with Gasteiger partial charge in [-0.2, -0.15) is 13.2 Å². The van der Waals surface area contributed by atoms with Crippen LogP contribution in [-0.4, -0.2) is 17.0 Å². The Morgan fingerprint density at radius 2 is 1.77 bits per heavy atom. The van der Waals surface area contributed by atoms with Gasteiger partial charge in [0.05, 0.1) is 11.5 Å². The van der Waals surface area contributed by atoms with E-state index in [2.05, 4.69) is 5.32 Å². The van der Waals surface area contributed by atoms with Gasteiger partial charge < -0.3 is 10.4 Å². The molecule has 0 aliphatic rings. The smallest absolute Gasteiger partial charge is 0.416 e. The highest BCUT2D eigenvalue weighted by Crippen LogP contribution is 2.30. The monoisotopic (exact) mass is 385 g/mol. The molecule has 0 fully saturated rings. The van der Waals surface area contributed by atoms with Gasteiger partial charge in [-0.25, -0.2) is 0 Å². The number of aliphatic carboxylic acids is 1. The molecule has 0 aliphatic heterocycles. The second kappa shape index (κ2) is 8.23. The third-order valence-electron chi connectivity index (χ3n) is 3.65. The van der Waals surface area contributed by atoms with Crippen molar-refractivity contribution in [1.82, 2.24) is 0 Å². The van der Waals surface area contributed by atoms with Gasteiger partial charge in [0.2, 0.25) is 5.91 Å². The third kappa shape index (κ3) is 5.77. The minimum absolute atomic E-state index is 0.0412. The number of nitrogens with one attached hydrogen (secondary N) is 1. The number of rotatable bonds is 6. The zero-order chi connectivity index (χ0) is 19.3. The van der Waals surface area contributed by atoms with Crippen LogP contribution in [0, 0.1) is 5.92 Å². The molecule has 0 aromatic heterocycles. The summed E-state index contributed by atoms with van der Waals surface area (Å²) >= 11 is 5.77. The number of alkyl halides is 3. The summed E-state index contributed by atoms with van der Waals surface area (Å²) in [5, 5.41) is 12.1. The summed E-state index contributed by atoms with van der Waals surface area (Å²) in [7, 11) is 0. The average molecular weight is 386 g/mol. The lowest BCUT2D eigenvalue weighted by Crippen LogP contribution is -2.24. The number of anilines is 1. The summed E-state index contributed by atoms with van der Waals surface area (Å²) in [6.07, 6.45) is -4.80. The first kappa shape index (κ1) is 19.8. The van der Waals surface area contributed by atoms with E-state index in [1.165, 1.54) is 12.1 Å². The Morgan fingerprint density at radius 3 is 2.35 bits per heavy atom. The van der Waals surface area contributed by atoms with Gasteiger partial charge in [0.25, 0.3) is 0 Å². The Morgan fingerprint density at radius 1 is 1.12 bits per heavy atom. The molecule has 0 bridgehead atoms. The standard InChI is InChI=1S/C18H15ClF3NO3/c19-14-6-4-11(5-7-14)8-12(17(25)26)9-16(24)23-15-3-1-2-13(10-15)18(20,21)22/h1-7,10,12H,8-9H2,(H,23,24)(H,25,26)/t12-/m1/s1. The van der Waals surface area contributed by atoms with Crippen LogP contribution in [0.1, 0.15) is 17.5 Å². The summed E-state index contributed by atoms with van der Waals surface area (Å²) in [5.74, 6) is -2.85. The van der Waals surface area contributed by atoms with Crippen LogP contribution >= 0.6 is 11.6 Å². The van der Waals surface area contributed by atoms with E-state index in [0.29, 0.717) is 10.6 Å². The molecule has 2 aromatic carbocycles. The molecule has 0 spiro atoms. The molecule has 2 N–H and O–H groups in total. The first-order valence-corrected chi connectivity index (χ1v) is 7.97. The maximum atomic E-state index is 12.7. The lowest BCUT2D eigenvalue weighted by atomic mass is 9.96. The van der Waals surface area contributed by atoms with Crippen molar-refractivity contribution in [2.45, 2.75) is 19.0 Å². The molecule has 8 heteroatoms. The van der Waals surface area contributed by atoms with Gasteiger partial charge in [-0.3, -0.25) is 9.59 Å². The summed E-state index contributed by atoms with van der Waals surface area (Å²) in [6.45, 7) is 0. The molecule has 0 saturated carbocycles. The Hall–Kier alpha value is -2.54. The summed E-state index contributed by atoms with van der Waals surface area (Å²) < 4.78 is 38.1. The number of carbonyl (C=O) groups is 2. The molecule has 0 heterocycles. The van der Waals surface area contributed by atoms with Crippen LogP contribution in [0.3, 0.4) is 0 Å². The molecule has 1 atom stereocenters. The lowest BCUT2D eigenvalue weighted by Gasteiger charge is -2.14. The van der Waals surface area contributed by atoms with E-state index >= 15 is 0 Å². The number of carbonyl (C=O) groups excluding carboxylic acids is 1. The Labute approximate surface area is 152 Å². The van der Waals surface area contributed by atoms with Gasteiger partial charge in [-0.1, -0.05) is 29.8 Å². The van der Waals surface area contributed by atoms with Gasteiger partial charge >= 0.3 is 12.1 Å². The van der Waals surface area contributed by atoms with Crippen molar-refractivity contribution in [3.05, 3.63) is 64.7 Å². The molecule has 0 saturated heterocycles. The number of carboxylic acids is 1. The predicted octanol–water partition coefficient (Wildman–Crippen LogP) is 4.63. The van der Waals surface area contributed by atoms with Gasteiger partial charge in [0.15, 0.2) is 0 Å². The summed E-state index contributed by atoms with van der Waals surface area (Å²) in [6, 6.07) is 10.7. The zero-order valence-corrected chi connectivity index (χ0v) is 14.1. The highest BCUT2D eigenvalue weighted by molar-refractivity contribution is 6.30. The van der Waals surface area contributed by atoms with E-state index in [1.807, 2.05) is 0 Å². The van der Waals surface area contributed by atoms with Crippen molar-refractivity contribution in [1.29, 1.82) is 0 Å². The minimum Gasteiger partial charge on any atom is -0.481 e. The van der Waals surface area contributed by atoms with Crippen LogP contribution in [0.15, 0.2) is 48.5 Å². The number of hydrogen-bond donors (Lipinski definition) is 2. The summed E-state index contributed by atoms with van der Waals surface area (Å²) in [4.78, 5) is 23.4. The molecule has 2 aromatic rings.